The molecule has 1 aliphatic rings. The zero-order valence-electron chi connectivity index (χ0n) is 13.5. The van der Waals surface area contributed by atoms with Gasteiger partial charge in [-0.15, -0.1) is 0 Å². The minimum atomic E-state index is -0.286. The lowest BCUT2D eigenvalue weighted by Crippen LogP contribution is -2.40. The van der Waals surface area contributed by atoms with Crippen molar-refractivity contribution < 1.29 is 14.7 Å². The maximum Gasteiger partial charge on any atom is 0.230 e. The number of ketones is 1. The van der Waals surface area contributed by atoms with Gasteiger partial charge in [0, 0.05) is 18.1 Å². The molecule has 0 aromatic heterocycles. The van der Waals surface area contributed by atoms with Gasteiger partial charge >= 0.3 is 0 Å². The molecule has 4 nitrogen and oxygen atoms in total. The summed E-state index contributed by atoms with van der Waals surface area (Å²) in [5, 5.41) is 12.3. The standard InChI is InChI=1S/C19H22NO3S/c21-13-17(12-15-6-2-1-3-7-15)20-19(23)14-24-11-10-18(22)16-8-4-5-9-16/h1-9,17,21H,10-14H2,(H,20,23)/t17-/m0/s1. The Morgan fingerprint density at radius 1 is 1.12 bits per heavy atom. The van der Waals surface area contributed by atoms with Gasteiger partial charge in [-0.2, -0.15) is 11.8 Å². The van der Waals surface area contributed by atoms with Crippen LogP contribution in [0.3, 0.4) is 0 Å². The fraction of sp³-hybridized carbons (Fsp3) is 0.316. The number of aliphatic hydroxyl groups is 1. The summed E-state index contributed by atoms with van der Waals surface area (Å²) in [6, 6.07) is 9.46. The minimum absolute atomic E-state index is 0.0965. The minimum Gasteiger partial charge on any atom is -0.394 e. The van der Waals surface area contributed by atoms with Gasteiger partial charge in [0.2, 0.25) is 5.91 Å². The van der Waals surface area contributed by atoms with Crippen LogP contribution in [0.25, 0.3) is 0 Å². The summed E-state index contributed by atoms with van der Waals surface area (Å²) >= 11 is 1.43. The molecule has 1 amide bonds. The van der Waals surface area contributed by atoms with E-state index in [4.69, 9.17) is 0 Å². The number of Topliss-reactive ketones (excluding diaryl/α,β-unsaturated/α-hetero) is 1. The lowest BCUT2D eigenvalue weighted by Gasteiger charge is -2.16. The monoisotopic (exact) mass is 344 g/mol. The molecule has 2 N–H and O–H groups in total. The Hall–Kier alpha value is -1.33. The SMILES string of the molecule is O=C(CSCCC(=O)[C]1[CH][CH][CH][CH]1)N[C@H](CO)Cc1ccccc1. The van der Waals surface area contributed by atoms with Gasteiger partial charge < -0.3 is 10.4 Å². The third kappa shape index (κ3) is 6.65. The molecule has 0 unspecified atom stereocenters. The summed E-state index contributed by atoms with van der Waals surface area (Å²) in [5.41, 5.74) is 1.07. The highest BCUT2D eigenvalue weighted by atomic mass is 32.2. The molecule has 5 radical (unpaired) electrons. The van der Waals surface area contributed by atoms with E-state index in [1.807, 2.05) is 43.2 Å². The van der Waals surface area contributed by atoms with Crippen LogP contribution in [0.1, 0.15) is 12.0 Å². The van der Waals surface area contributed by atoms with Crippen LogP contribution < -0.4 is 5.32 Å². The molecule has 1 atom stereocenters. The first-order valence-corrected chi connectivity index (χ1v) is 9.11. The van der Waals surface area contributed by atoms with Crippen molar-refractivity contribution in [1.29, 1.82) is 0 Å². The van der Waals surface area contributed by atoms with Crippen LogP contribution in [0, 0.1) is 31.6 Å². The Kier molecular flexibility index (Phi) is 8.33. The van der Waals surface area contributed by atoms with Gasteiger partial charge in [-0.25, -0.2) is 0 Å². The summed E-state index contributed by atoms with van der Waals surface area (Å²) in [7, 11) is 0. The van der Waals surface area contributed by atoms with E-state index in [0.717, 1.165) is 11.5 Å². The number of amides is 1. The van der Waals surface area contributed by atoms with Gasteiger partial charge in [-0.3, -0.25) is 9.59 Å². The normalized spacial score (nSPS) is 16.0. The summed E-state index contributed by atoms with van der Waals surface area (Å²) in [6.07, 6.45) is 8.31. The molecule has 1 fully saturated rings. The second-order valence-electron chi connectivity index (χ2n) is 5.54. The third-order valence-electron chi connectivity index (χ3n) is 3.60. The van der Waals surface area contributed by atoms with Crippen LogP contribution in [0.2, 0.25) is 0 Å². The van der Waals surface area contributed by atoms with Crippen LogP contribution in [-0.2, 0) is 16.0 Å². The Bertz CT molecular complexity index is 515. The first-order chi connectivity index (χ1) is 11.7. The highest BCUT2D eigenvalue weighted by Gasteiger charge is 2.23. The number of thioether (sulfide) groups is 1. The summed E-state index contributed by atoms with van der Waals surface area (Å²) in [6.45, 7) is -0.0965. The number of hydrogen-bond acceptors (Lipinski definition) is 4. The van der Waals surface area contributed by atoms with Crippen molar-refractivity contribution in [1.82, 2.24) is 5.32 Å². The molecular formula is C19H22NO3S. The average molecular weight is 344 g/mol. The van der Waals surface area contributed by atoms with Crippen molar-refractivity contribution in [3.63, 3.8) is 0 Å². The second kappa shape index (κ2) is 10.5. The highest BCUT2D eigenvalue weighted by molar-refractivity contribution is 7.99. The van der Waals surface area contributed by atoms with Crippen LogP contribution >= 0.6 is 11.8 Å². The number of hydrogen-bond donors (Lipinski definition) is 2. The zero-order chi connectivity index (χ0) is 17.2. The van der Waals surface area contributed by atoms with E-state index in [1.54, 1.807) is 12.8 Å². The number of nitrogens with one attached hydrogen (secondary N) is 1. The predicted molar refractivity (Wildman–Crippen MR) is 96.6 cm³/mol. The maximum atomic E-state index is 11.9. The molecule has 0 aliphatic heterocycles. The average Bonchev–Trinajstić information content (AvgIpc) is 3.13. The van der Waals surface area contributed by atoms with Crippen molar-refractivity contribution >= 4 is 23.5 Å². The number of aliphatic hydroxyl groups excluding tert-OH is 1. The van der Waals surface area contributed by atoms with Crippen molar-refractivity contribution in [3.05, 3.63) is 67.5 Å². The van der Waals surface area contributed by atoms with Crippen LogP contribution in [-0.4, -0.2) is 41.0 Å². The van der Waals surface area contributed by atoms with E-state index in [-0.39, 0.29) is 24.3 Å². The molecule has 0 bridgehead atoms. The Balaban J connectivity index is 1.61. The van der Waals surface area contributed by atoms with Crippen LogP contribution in [0.5, 0.6) is 0 Å². The van der Waals surface area contributed by atoms with Crippen molar-refractivity contribution in [3.8, 4) is 0 Å². The molecule has 2 rings (SSSR count). The fourth-order valence-corrected chi connectivity index (χ4v) is 3.11. The number of carbonyl (C=O) groups excluding carboxylic acids is 2. The lowest BCUT2D eigenvalue weighted by molar-refractivity contribution is -0.119. The van der Waals surface area contributed by atoms with E-state index < -0.39 is 0 Å². The number of rotatable bonds is 10. The Morgan fingerprint density at radius 2 is 1.83 bits per heavy atom. The van der Waals surface area contributed by atoms with Crippen LogP contribution in [0.4, 0.5) is 0 Å². The zero-order valence-corrected chi connectivity index (χ0v) is 14.3. The molecule has 1 aliphatic carbocycles. The molecule has 24 heavy (non-hydrogen) atoms. The highest BCUT2D eigenvalue weighted by Crippen LogP contribution is 2.25. The Morgan fingerprint density at radius 3 is 2.50 bits per heavy atom. The summed E-state index contributed by atoms with van der Waals surface area (Å²) in [5.74, 6) is 1.61. The van der Waals surface area contributed by atoms with E-state index in [1.165, 1.54) is 11.8 Å². The van der Waals surface area contributed by atoms with Gasteiger partial charge in [0.15, 0.2) is 0 Å². The third-order valence-corrected chi connectivity index (χ3v) is 4.56. The fourth-order valence-electron chi connectivity index (χ4n) is 2.36. The quantitative estimate of drug-likeness (QED) is 0.635. The molecule has 1 aromatic rings. The van der Waals surface area contributed by atoms with Gasteiger partial charge in [0.25, 0.3) is 0 Å². The molecule has 0 spiro atoms. The molecule has 1 saturated carbocycles. The summed E-state index contributed by atoms with van der Waals surface area (Å²) in [4.78, 5) is 23.8. The van der Waals surface area contributed by atoms with E-state index in [9.17, 15) is 14.7 Å². The van der Waals surface area contributed by atoms with Gasteiger partial charge in [0.05, 0.1) is 18.4 Å². The van der Waals surface area contributed by atoms with E-state index in [0.29, 0.717) is 24.3 Å². The topological polar surface area (TPSA) is 66.4 Å². The molecular weight excluding hydrogens is 322 g/mol. The summed E-state index contributed by atoms with van der Waals surface area (Å²) < 4.78 is 0. The Labute approximate surface area is 148 Å². The smallest absolute Gasteiger partial charge is 0.230 e. The largest absolute Gasteiger partial charge is 0.394 e. The molecule has 0 heterocycles. The van der Waals surface area contributed by atoms with Crippen molar-refractivity contribution in [2.45, 2.75) is 18.9 Å². The van der Waals surface area contributed by atoms with Gasteiger partial charge in [0.1, 0.15) is 5.78 Å². The number of benzene rings is 1. The first-order valence-electron chi connectivity index (χ1n) is 7.96. The second-order valence-corrected chi connectivity index (χ2v) is 6.64. The maximum absolute atomic E-state index is 11.9. The van der Waals surface area contributed by atoms with Crippen molar-refractivity contribution in [2.75, 3.05) is 18.1 Å². The molecule has 1 aromatic carbocycles. The van der Waals surface area contributed by atoms with Crippen LogP contribution in [0.15, 0.2) is 30.3 Å². The van der Waals surface area contributed by atoms with E-state index >= 15 is 0 Å². The van der Waals surface area contributed by atoms with Gasteiger partial charge in [-0.1, -0.05) is 30.3 Å². The molecule has 0 saturated heterocycles. The number of carbonyl (C=O) groups is 2. The lowest BCUT2D eigenvalue weighted by atomic mass is 10.0. The molecule has 5 heteroatoms. The van der Waals surface area contributed by atoms with E-state index in [2.05, 4.69) is 5.32 Å². The first kappa shape index (κ1) is 19.0. The van der Waals surface area contributed by atoms with Gasteiger partial charge in [-0.05, 0) is 37.7 Å². The predicted octanol–water partition coefficient (Wildman–Crippen LogP) is 1.80. The molecule has 127 valence electrons. The van der Waals surface area contributed by atoms with Crippen molar-refractivity contribution in [2.24, 2.45) is 0 Å².